The number of aliphatic hydroxyl groups is 1. The molecule has 0 fully saturated rings. The third-order valence-corrected chi connectivity index (χ3v) is 7.68. The summed E-state index contributed by atoms with van der Waals surface area (Å²) in [6.45, 7) is -0.669. The second-order valence-corrected chi connectivity index (χ2v) is 10.5. The Labute approximate surface area is 275 Å². The van der Waals surface area contributed by atoms with Gasteiger partial charge in [0.1, 0.15) is 6.61 Å². The van der Waals surface area contributed by atoms with Gasteiger partial charge in [0, 0.05) is 11.1 Å². The van der Waals surface area contributed by atoms with Crippen molar-refractivity contribution in [2.75, 3.05) is 41.5 Å². The van der Waals surface area contributed by atoms with Gasteiger partial charge in [-0.25, -0.2) is 4.79 Å². The van der Waals surface area contributed by atoms with Crippen molar-refractivity contribution in [3.63, 3.8) is 0 Å². The monoisotopic (exact) mass is 656 g/mol. The second kappa shape index (κ2) is 14.2. The van der Waals surface area contributed by atoms with Gasteiger partial charge >= 0.3 is 5.97 Å². The van der Waals surface area contributed by atoms with Crippen molar-refractivity contribution in [3.8, 4) is 56.8 Å². The number of carbonyl (C=O) groups excluding carboxylic acids is 2. The molecule has 0 aromatic heterocycles. The van der Waals surface area contributed by atoms with Crippen LogP contribution >= 0.6 is 0 Å². The maximum Gasteiger partial charge on any atom is 0.338 e. The number of carbonyl (C=O) groups is 2. The molecule has 4 aromatic carbocycles. The number of ether oxygens (including phenoxy) is 7. The van der Waals surface area contributed by atoms with Gasteiger partial charge in [-0.2, -0.15) is 0 Å². The molecule has 0 aliphatic carbocycles. The summed E-state index contributed by atoms with van der Waals surface area (Å²) in [6, 6.07) is 19.8. The van der Waals surface area contributed by atoms with E-state index in [9.17, 15) is 14.7 Å². The summed E-state index contributed by atoms with van der Waals surface area (Å²) in [5.74, 6) is -0.263. The van der Waals surface area contributed by atoms with Gasteiger partial charge < -0.3 is 48.4 Å². The van der Waals surface area contributed by atoms with Crippen molar-refractivity contribution in [2.24, 2.45) is 5.16 Å². The average molecular weight is 657 g/mol. The number of oxime groups is 1. The van der Waals surface area contributed by atoms with Crippen LogP contribution in [0.25, 0.3) is 22.3 Å². The number of hydrogen-bond acceptors (Lipinski definition) is 12. The van der Waals surface area contributed by atoms with E-state index in [1.807, 2.05) is 54.6 Å². The second-order valence-electron chi connectivity index (χ2n) is 10.5. The molecule has 0 saturated heterocycles. The number of benzene rings is 4. The van der Waals surface area contributed by atoms with E-state index in [0.717, 1.165) is 16.7 Å². The van der Waals surface area contributed by atoms with E-state index in [-0.39, 0.29) is 76.9 Å². The Morgan fingerprint density at radius 2 is 1.38 bits per heavy atom. The van der Waals surface area contributed by atoms with E-state index >= 15 is 0 Å². The number of rotatable bonds is 12. The number of nitrogens with zero attached hydrogens (tertiary/aromatic N) is 1. The molecule has 0 spiro atoms. The van der Waals surface area contributed by atoms with Crippen molar-refractivity contribution in [3.05, 3.63) is 83.4 Å². The summed E-state index contributed by atoms with van der Waals surface area (Å²) < 4.78 is 39.0. The molecule has 48 heavy (non-hydrogen) atoms. The summed E-state index contributed by atoms with van der Waals surface area (Å²) in [7, 11) is 4.05. The van der Waals surface area contributed by atoms with Gasteiger partial charge in [-0.05, 0) is 28.8 Å². The van der Waals surface area contributed by atoms with Gasteiger partial charge in [-0.15, -0.1) is 0 Å². The summed E-state index contributed by atoms with van der Waals surface area (Å²) in [5.41, 5.74) is 3.38. The molecule has 2 aliphatic heterocycles. The number of fused-ring (bicyclic) bond motifs is 2. The molecule has 2 N–H and O–H groups in total. The number of amides is 1. The maximum absolute atomic E-state index is 14.0. The minimum Gasteiger partial charge on any atom is -0.493 e. The van der Waals surface area contributed by atoms with E-state index in [4.69, 9.17) is 38.0 Å². The molecule has 4 aromatic rings. The normalized spacial score (nSPS) is 13.2. The van der Waals surface area contributed by atoms with Crippen LogP contribution in [0.1, 0.15) is 26.3 Å². The number of methoxy groups -OCH3 is 3. The average Bonchev–Trinajstić information content (AvgIpc) is 3.83. The molecule has 1 amide bonds. The van der Waals surface area contributed by atoms with Crippen LogP contribution in [-0.4, -0.2) is 70.8 Å². The van der Waals surface area contributed by atoms with Crippen molar-refractivity contribution in [1.29, 1.82) is 0 Å². The minimum absolute atomic E-state index is 0.00962. The van der Waals surface area contributed by atoms with E-state index in [0.29, 0.717) is 0 Å². The van der Waals surface area contributed by atoms with E-state index in [1.165, 1.54) is 39.7 Å². The van der Waals surface area contributed by atoms with Crippen LogP contribution in [-0.2, 0) is 16.2 Å². The van der Waals surface area contributed by atoms with Crippen LogP contribution in [0, 0.1) is 0 Å². The van der Waals surface area contributed by atoms with Gasteiger partial charge in [0.2, 0.25) is 25.1 Å². The molecule has 13 heteroatoms. The molecule has 2 aliphatic rings. The predicted octanol–water partition coefficient (Wildman–Crippen LogP) is 4.58. The van der Waals surface area contributed by atoms with Crippen LogP contribution in [0.5, 0.6) is 34.5 Å². The Hall–Kier alpha value is -5.95. The molecule has 0 saturated carbocycles. The first-order chi connectivity index (χ1) is 23.5. The first-order valence-corrected chi connectivity index (χ1v) is 14.8. The van der Waals surface area contributed by atoms with Crippen LogP contribution in [0.4, 0.5) is 0 Å². The highest BCUT2D eigenvalue weighted by Crippen LogP contribution is 2.56. The molecule has 0 radical (unpaired) electrons. The van der Waals surface area contributed by atoms with E-state index < -0.39 is 24.5 Å². The maximum atomic E-state index is 14.0. The molecule has 13 nitrogen and oxygen atoms in total. The SMILES string of the molecule is COC(=O)c1cc(OC)c2c(c1-c1c(C(=O)NC(/C=N/OCc3ccc(-c4ccccc4)cc3)CO)cc(OC)c3c1OCO3)OCO2. The molecular weight excluding hydrogens is 624 g/mol. The Balaban J connectivity index is 1.28. The first-order valence-electron chi connectivity index (χ1n) is 14.8. The topological polar surface area (TPSA) is 153 Å². The highest BCUT2D eigenvalue weighted by Gasteiger charge is 2.37. The van der Waals surface area contributed by atoms with Gasteiger partial charge in [0.25, 0.3) is 5.91 Å². The van der Waals surface area contributed by atoms with Gasteiger partial charge in [-0.1, -0.05) is 59.8 Å². The summed E-state index contributed by atoms with van der Waals surface area (Å²) in [4.78, 5) is 32.5. The number of aliphatic hydroxyl groups excluding tert-OH is 1. The van der Waals surface area contributed by atoms with Gasteiger partial charge in [0.05, 0.1) is 51.3 Å². The highest BCUT2D eigenvalue weighted by molar-refractivity contribution is 6.10. The Morgan fingerprint density at radius 1 is 0.812 bits per heavy atom. The number of hydrogen-bond donors (Lipinski definition) is 2. The van der Waals surface area contributed by atoms with Crippen molar-refractivity contribution in [2.45, 2.75) is 12.6 Å². The van der Waals surface area contributed by atoms with E-state index in [1.54, 1.807) is 0 Å². The lowest BCUT2D eigenvalue weighted by atomic mass is 9.91. The molecule has 6 rings (SSSR count). The van der Waals surface area contributed by atoms with Crippen LogP contribution < -0.4 is 33.7 Å². The fourth-order valence-corrected chi connectivity index (χ4v) is 5.35. The lowest BCUT2D eigenvalue weighted by Crippen LogP contribution is -2.39. The molecule has 0 bridgehead atoms. The Bertz CT molecular complexity index is 1840. The minimum atomic E-state index is -0.955. The summed E-state index contributed by atoms with van der Waals surface area (Å²) in [5, 5.41) is 16.8. The Kier molecular flexibility index (Phi) is 9.48. The van der Waals surface area contributed by atoms with Gasteiger partial charge in [0.15, 0.2) is 23.0 Å². The zero-order chi connectivity index (χ0) is 33.6. The lowest BCUT2D eigenvalue weighted by Gasteiger charge is -2.20. The Morgan fingerprint density at radius 3 is 1.96 bits per heavy atom. The van der Waals surface area contributed by atoms with Crippen molar-refractivity contribution in [1.82, 2.24) is 5.32 Å². The van der Waals surface area contributed by atoms with E-state index in [2.05, 4.69) is 10.5 Å². The van der Waals surface area contributed by atoms with Crippen LogP contribution in [0.2, 0.25) is 0 Å². The highest BCUT2D eigenvalue weighted by atomic mass is 16.7. The van der Waals surface area contributed by atoms with Crippen molar-refractivity contribution < 1.29 is 52.7 Å². The zero-order valence-corrected chi connectivity index (χ0v) is 26.3. The molecule has 1 atom stereocenters. The summed E-state index contributed by atoms with van der Waals surface area (Å²) in [6.07, 6.45) is 1.28. The molecule has 1 unspecified atom stereocenters. The number of esters is 1. The molecule has 248 valence electrons. The molecular formula is C35H32N2O11. The third-order valence-electron chi connectivity index (χ3n) is 7.68. The fraction of sp³-hybridized carbons (Fsp3) is 0.229. The van der Waals surface area contributed by atoms with Crippen LogP contribution in [0.3, 0.4) is 0 Å². The first kappa shape index (κ1) is 32.0. The largest absolute Gasteiger partial charge is 0.493 e. The standard InChI is InChI=1S/C35H32N2O11/c1-41-26-13-24(34(39)37-23(16-38)15-36-48-17-20-9-11-22(12-10-20)21-7-5-4-6-8-21)28(32-30(26)44-18-46-32)29-25(35(40)43-3)14-27(42-2)31-33(29)47-19-45-31/h4-15,23,38H,16-19H2,1-3H3,(H,37,39)/b36-15+. The molecule has 2 heterocycles. The lowest BCUT2D eigenvalue weighted by molar-refractivity contribution is 0.0600. The van der Waals surface area contributed by atoms with Crippen molar-refractivity contribution >= 4 is 18.1 Å². The third kappa shape index (κ3) is 6.22. The summed E-state index contributed by atoms with van der Waals surface area (Å²) >= 11 is 0. The number of nitrogens with one attached hydrogen (secondary N) is 1. The van der Waals surface area contributed by atoms with Gasteiger partial charge in [-0.3, -0.25) is 4.79 Å². The fourth-order valence-electron chi connectivity index (χ4n) is 5.35. The zero-order valence-electron chi connectivity index (χ0n) is 26.3. The van der Waals surface area contributed by atoms with Crippen LogP contribution in [0.15, 0.2) is 71.9 Å². The quantitative estimate of drug-likeness (QED) is 0.125. The predicted molar refractivity (Wildman–Crippen MR) is 172 cm³/mol. The smallest absolute Gasteiger partial charge is 0.338 e.